The SMILES string of the molecule is CSCC(N)CCC1CCCO1. The van der Waals surface area contributed by atoms with E-state index in [9.17, 15) is 0 Å². The molecule has 0 aromatic heterocycles. The van der Waals surface area contributed by atoms with Gasteiger partial charge in [0.05, 0.1) is 6.10 Å². The summed E-state index contributed by atoms with van der Waals surface area (Å²) < 4.78 is 5.52. The third-order valence-corrected chi connectivity index (χ3v) is 3.03. The zero-order valence-electron chi connectivity index (χ0n) is 7.79. The average Bonchev–Trinajstić information content (AvgIpc) is 2.53. The number of ether oxygens (including phenoxy) is 1. The molecule has 0 aromatic carbocycles. The zero-order chi connectivity index (χ0) is 8.81. The molecule has 2 unspecified atom stereocenters. The first kappa shape index (κ1) is 10.4. The molecule has 2 nitrogen and oxygen atoms in total. The molecule has 0 aromatic rings. The van der Waals surface area contributed by atoms with Crippen LogP contribution in [-0.4, -0.2) is 30.8 Å². The summed E-state index contributed by atoms with van der Waals surface area (Å²) in [6.45, 7) is 0.961. The van der Waals surface area contributed by atoms with Gasteiger partial charge in [-0.3, -0.25) is 0 Å². The molecular weight excluding hydrogens is 170 g/mol. The van der Waals surface area contributed by atoms with Crippen LogP contribution in [0, 0.1) is 0 Å². The summed E-state index contributed by atoms with van der Waals surface area (Å²) in [7, 11) is 0. The zero-order valence-corrected chi connectivity index (χ0v) is 8.61. The Morgan fingerprint density at radius 1 is 1.67 bits per heavy atom. The van der Waals surface area contributed by atoms with Gasteiger partial charge in [0.25, 0.3) is 0 Å². The lowest BCUT2D eigenvalue weighted by molar-refractivity contribution is 0.101. The van der Waals surface area contributed by atoms with E-state index in [1.54, 1.807) is 0 Å². The van der Waals surface area contributed by atoms with Crippen molar-refractivity contribution in [1.82, 2.24) is 0 Å². The number of thioether (sulfide) groups is 1. The van der Waals surface area contributed by atoms with Crippen LogP contribution in [0.15, 0.2) is 0 Å². The second-order valence-corrected chi connectivity index (χ2v) is 4.34. The van der Waals surface area contributed by atoms with Gasteiger partial charge in [0.1, 0.15) is 0 Å². The Morgan fingerprint density at radius 3 is 3.08 bits per heavy atom. The average molecular weight is 189 g/mol. The van der Waals surface area contributed by atoms with Crippen molar-refractivity contribution in [2.45, 2.75) is 37.8 Å². The highest BCUT2D eigenvalue weighted by atomic mass is 32.2. The topological polar surface area (TPSA) is 35.2 Å². The van der Waals surface area contributed by atoms with Gasteiger partial charge in [-0.2, -0.15) is 11.8 Å². The van der Waals surface area contributed by atoms with Crippen LogP contribution in [0.3, 0.4) is 0 Å². The van der Waals surface area contributed by atoms with E-state index in [2.05, 4.69) is 6.26 Å². The van der Waals surface area contributed by atoms with E-state index in [4.69, 9.17) is 10.5 Å². The molecule has 2 atom stereocenters. The lowest BCUT2D eigenvalue weighted by Crippen LogP contribution is -2.24. The van der Waals surface area contributed by atoms with Crippen LogP contribution < -0.4 is 5.73 Å². The molecule has 1 fully saturated rings. The highest BCUT2D eigenvalue weighted by Gasteiger charge is 2.15. The monoisotopic (exact) mass is 189 g/mol. The number of hydrogen-bond acceptors (Lipinski definition) is 3. The Hall–Kier alpha value is 0.270. The van der Waals surface area contributed by atoms with Crippen molar-refractivity contribution in [1.29, 1.82) is 0 Å². The Kier molecular flexibility index (Phi) is 5.04. The van der Waals surface area contributed by atoms with E-state index in [0.29, 0.717) is 12.1 Å². The first-order valence-electron chi connectivity index (χ1n) is 4.69. The van der Waals surface area contributed by atoms with Gasteiger partial charge in [-0.15, -0.1) is 0 Å². The van der Waals surface area contributed by atoms with Gasteiger partial charge in [-0.25, -0.2) is 0 Å². The molecule has 12 heavy (non-hydrogen) atoms. The highest BCUT2D eigenvalue weighted by molar-refractivity contribution is 7.98. The summed E-state index contributed by atoms with van der Waals surface area (Å²) in [4.78, 5) is 0. The first-order valence-corrected chi connectivity index (χ1v) is 6.08. The van der Waals surface area contributed by atoms with Crippen LogP contribution in [0.5, 0.6) is 0 Å². The van der Waals surface area contributed by atoms with Crippen molar-refractivity contribution in [3.8, 4) is 0 Å². The van der Waals surface area contributed by atoms with Gasteiger partial charge >= 0.3 is 0 Å². The summed E-state index contributed by atoms with van der Waals surface area (Å²) in [5.41, 5.74) is 5.89. The van der Waals surface area contributed by atoms with Crippen LogP contribution in [-0.2, 0) is 4.74 Å². The molecular formula is C9H19NOS. The maximum atomic E-state index is 5.89. The standard InChI is InChI=1S/C9H19NOS/c1-12-7-8(10)4-5-9-3-2-6-11-9/h8-9H,2-7,10H2,1H3. The summed E-state index contributed by atoms with van der Waals surface area (Å²) in [5, 5.41) is 0. The van der Waals surface area contributed by atoms with E-state index < -0.39 is 0 Å². The van der Waals surface area contributed by atoms with Crippen molar-refractivity contribution in [2.75, 3.05) is 18.6 Å². The summed E-state index contributed by atoms with van der Waals surface area (Å²) >= 11 is 1.83. The van der Waals surface area contributed by atoms with Gasteiger partial charge in [-0.1, -0.05) is 0 Å². The lowest BCUT2D eigenvalue weighted by Gasteiger charge is -2.13. The van der Waals surface area contributed by atoms with Crippen molar-refractivity contribution >= 4 is 11.8 Å². The second kappa shape index (κ2) is 5.84. The van der Waals surface area contributed by atoms with Gasteiger partial charge < -0.3 is 10.5 Å². The quantitative estimate of drug-likeness (QED) is 0.714. The van der Waals surface area contributed by atoms with Gasteiger partial charge in [0, 0.05) is 18.4 Å². The fourth-order valence-corrected chi connectivity index (χ4v) is 2.16. The molecule has 72 valence electrons. The minimum Gasteiger partial charge on any atom is -0.378 e. The summed E-state index contributed by atoms with van der Waals surface area (Å²) in [6.07, 6.45) is 7.37. The largest absolute Gasteiger partial charge is 0.378 e. The minimum absolute atomic E-state index is 0.365. The molecule has 0 radical (unpaired) electrons. The van der Waals surface area contributed by atoms with E-state index >= 15 is 0 Å². The van der Waals surface area contributed by atoms with Crippen molar-refractivity contribution in [3.63, 3.8) is 0 Å². The van der Waals surface area contributed by atoms with Gasteiger partial charge in [0.2, 0.25) is 0 Å². The van der Waals surface area contributed by atoms with Crippen LogP contribution in [0.2, 0.25) is 0 Å². The van der Waals surface area contributed by atoms with E-state index in [0.717, 1.165) is 25.2 Å². The molecule has 1 saturated heterocycles. The van der Waals surface area contributed by atoms with Crippen LogP contribution in [0.4, 0.5) is 0 Å². The molecule has 3 heteroatoms. The van der Waals surface area contributed by atoms with Crippen LogP contribution in [0.25, 0.3) is 0 Å². The van der Waals surface area contributed by atoms with Crippen molar-refractivity contribution in [3.05, 3.63) is 0 Å². The third kappa shape index (κ3) is 3.78. The highest BCUT2D eigenvalue weighted by Crippen LogP contribution is 2.17. The number of rotatable bonds is 5. The van der Waals surface area contributed by atoms with E-state index in [1.807, 2.05) is 11.8 Å². The molecule has 0 aliphatic carbocycles. The van der Waals surface area contributed by atoms with Gasteiger partial charge in [-0.05, 0) is 31.9 Å². The molecule has 1 heterocycles. The molecule has 1 aliphatic heterocycles. The minimum atomic E-state index is 0.365. The molecule has 0 amide bonds. The fourth-order valence-electron chi connectivity index (χ4n) is 1.57. The normalized spacial score (nSPS) is 26.0. The third-order valence-electron chi connectivity index (χ3n) is 2.26. The molecule has 0 spiro atoms. The Morgan fingerprint density at radius 2 is 2.50 bits per heavy atom. The fraction of sp³-hybridized carbons (Fsp3) is 1.00. The molecule has 1 rings (SSSR count). The van der Waals surface area contributed by atoms with Crippen LogP contribution in [0.1, 0.15) is 25.7 Å². The predicted octanol–water partition coefficient (Wildman–Crippen LogP) is 1.64. The Labute approximate surface area is 79.2 Å². The maximum Gasteiger partial charge on any atom is 0.0576 e. The number of hydrogen-bond donors (Lipinski definition) is 1. The lowest BCUT2D eigenvalue weighted by atomic mass is 10.1. The number of nitrogens with two attached hydrogens (primary N) is 1. The smallest absolute Gasteiger partial charge is 0.0576 e. The molecule has 0 bridgehead atoms. The first-order chi connectivity index (χ1) is 5.83. The molecule has 0 saturated carbocycles. The molecule has 1 aliphatic rings. The van der Waals surface area contributed by atoms with Crippen LogP contribution >= 0.6 is 11.8 Å². The Bertz CT molecular complexity index is 115. The second-order valence-electron chi connectivity index (χ2n) is 3.43. The van der Waals surface area contributed by atoms with E-state index in [-0.39, 0.29) is 0 Å². The summed E-state index contributed by atoms with van der Waals surface area (Å²) in [5.74, 6) is 1.08. The Balaban J connectivity index is 1.99. The van der Waals surface area contributed by atoms with Crippen molar-refractivity contribution < 1.29 is 4.74 Å². The molecule has 2 N–H and O–H groups in total. The predicted molar refractivity (Wildman–Crippen MR) is 54.6 cm³/mol. The summed E-state index contributed by atoms with van der Waals surface area (Å²) in [6, 6.07) is 0.365. The van der Waals surface area contributed by atoms with E-state index in [1.165, 1.54) is 12.8 Å². The van der Waals surface area contributed by atoms with Crippen molar-refractivity contribution in [2.24, 2.45) is 5.73 Å². The maximum absolute atomic E-state index is 5.89. The van der Waals surface area contributed by atoms with Gasteiger partial charge in [0.15, 0.2) is 0 Å².